The van der Waals surface area contributed by atoms with Crippen molar-refractivity contribution in [3.05, 3.63) is 70.8 Å². The molecule has 1 aliphatic heterocycles. The van der Waals surface area contributed by atoms with Gasteiger partial charge in [0.05, 0.1) is 0 Å². The minimum atomic E-state index is -0.654. The van der Waals surface area contributed by atoms with Gasteiger partial charge >= 0.3 is 0 Å². The van der Waals surface area contributed by atoms with Crippen LogP contribution in [0.5, 0.6) is 0 Å². The Balaban J connectivity index is 1.68. The summed E-state index contributed by atoms with van der Waals surface area (Å²) >= 11 is 1.69. The van der Waals surface area contributed by atoms with E-state index in [1.807, 2.05) is 36.4 Å². The molecule has 0 amide bonds. The summed E-state index contributed by atoms with van der Waals surface area (Å²) in [7, 11) is 3.36. The van der Waals surface area contributed by atoms with Crippen molar-refractivity contribution in [3.8, 4) is 0 Å². The first-order chi connectivity index (χ1) is 14.8. The van der Waals surface area contributed by atoms with E-state index in [-0.39, 0.29) is 22.4 Å². The second-order valence-electron chi connectivity index (χ2n) is 9.66. The number of benzene rings is 2. The predicted molar refractivity (Wildman–Crippen MR) is 134 cm³/mol. The normalized spacial score (nSPS) is 36.6. The van der Waals surface area contributed by atoms with Gasteiger partial charge in [0, 0.05) is 22.0 Å². The molecule has 0 saturated carbocycles. The Kier molecular flexibility index (Phi) is 5.01. The van der Waals surface area contributed by atoms with Crippen molar-refractivity contribution in [1.29, 1.82) is 0 Å². The number of Topliss-reactive ketones (excluding diaryl/α,β-unsaturated/α-hetero) is 2. The van der Waals surface area contributed by atoms with Crippen LogP contribution in [-0.2, 0) is 12.8 Å². The lowest BCUT2D eigenvalue weighted by atomic mass is 9.69. The fraction of sp³-hybridized carbons (Fsp3) is 0.462. The van der Waals surface area contributed by atoms with Crippen LogP contribution in [0.25, 0.3) is 0 Å². The zero-order chi connectivity index (χ0) is 22.1. The predicted octanol–water partition coefficient (Wildman–Crippen LogP) is 7.22. The molecule has 5 heteroatoms. The molecule has 0 N–H and O–H groups in total. The lowest BCUT2D eigenvalue weighted by molar-refractivity contribution is 0.0870. The van der Waals surface area contributed by atoms with Crippen LogP contribution in [0.2, 0.25) is 0 Å². The Labute approximate surface area is 197 Å². The first kappa shape index (κ1) is 21.7. The molecule has 5 rings (SSSR count). The molecule has 2 aliphatic carbocycles. The summed E-state index contributed by atoms with van der Waals surface area (Å²) in [5, 5.41) is 0. The fourth-order valence-corrected chi connectivity index (χ4v) is 13.4. The number of hydrogen-bond acceptors (Lipinski definition) is 5. The molecule has 0 radical (unpaired) electrons. The maximum absolute atomic E-state index is 14.1. The summed E-state index contributed by atoms with van der Waals surface area (Å²) in [6.07, 6.45) is 3.54. The number of hydrogen-bond donors (Lipinski definition) is 0. The standard InChI is InChI=1S/C26H28O2S3/c1-5-23(3)15-17-11-7-9-13-19(17)21(27)25(23)29-26(31-30-25)22(28)20-14-10-8-12-18(20)16-24(26,4)6-2/h7-14H,5-6,15-16H2,1-4H3. The van der Waals surface area contributed by atoms with Gasteiger partial charge in [0.1, 0.15) is 8.16 Å². The summed E-state index contributed by atoms with van der Waals surface area (Å²) < 4.78 is -1.31. The van der Waals surface area contributed by atoms with Gasteiger partial charge in [-0.05, 0) is 36.8 Å². The first-order valence-corrected chi connectivity index (χ1v) is 14.0. The van der Waals surface area contributed by atoms with Crippen LogP contribution in [-0.4, -0.2) is 19.7 Å². The first-order valence-electron chi connectivity index (χ1n) is 11.1. The van der Waals surface area contributed by atoms with E-state index < -0.39 is 8.16 Å². The number of fused-ring (bicyclic) bond motifs is 2. The molecule has 2 aromatic rings. The highest BCUT2D eigenvalue weighted by molar-refractivity contribution is 8.84. The van der Waals surface area contributed by atoms with Gasteiger partial charge in [0.25, 0.3) is 0 Å². The van der Waals surface area contributed by atoms with Gasteiger partial charge in [-0.2, -0.15) is 0 Å². The van der Waals surface area contributed by atoms with Crippen LogP contribution < -0.4 is 0 Å². The Bertz CT molecular complexity index is 1010. The van der Waals surface area contributed by atoms with E-state index in [1.165, 1.54) is 0 Å². The molecule has 1 saturated heterocycles. The molecule has 2 nitrogen and oxygen atoms in total. The topological polar surface area (TPSA) is 34.1 Å². The fourth-order valence-electron chi connectivity index (χ4n) is 5.45. The Morgan fingerprint density at radius 1 is 0.710 bits per heavy atom. The Hall–Kier alpha value is -1.17. The minimum Gasteiger partial charge on any atom is -0.292 e. The molecule has 4 unspecified atom stereocenters. The van der Waals surface area contributed by atoms with Crippen molar-refractivity contribution in [1.82, 2.24) is 0 Å². The molecule has 3 aliphatic rings. The second-order valence-corrected chi connectivity index (χ2v) is 14.2. The molecule has 31 heavy (non-hydrogen) atoms. The monoisotopic (exact) mass is 468 g/mol. The van der Waals surface area contributed by atoms with Crippen molar-refractivity contribution in [2.75, 3.05) is 0 Å². The average molecular weight is 469 g/mol. The highest BCUT2D eigenvalue weighted by Gasteiger charge is 2.71. The Morgan fingerprint density at radius 2 is 1.10 bits per heavy atom. The van der Waals surface area contributed by atoms with Crippen LogP contribution >= 0.6 is 33.3 Å². The zero-order valence-electron chi connectivity index (χ0n) is 18.5. The van der Waals surface area contributed by atoms with Crippen LogP contribution in [0.1, 0.15) is 72.4 Å². The highest BCUT2D eigenvalue weighted by Crippen LogP contribution is 2.78. The molecule has 0 bridgehead atoms. The summed E-state index contributed by atoms with van der Waals surface area (Å²) in [5.74, 6) is 0.395. The minimum absolute atomic E-state index is 0.197. The summed E-state index contributed by atoms with van der Waals surface area (Å²) in [4.78, 5) is 28.3. The maximum atomic E-state index is 14.1. The number of carbonyl (C=O) groups excluding carboxylic acids is 2. The van der Waals surface area contributed by atoms with Gasteiger partial charge < -0.3 is 0 Å². The summed E-state index contributed by atoms with van der Waals surface area (Å²) in [6.45, 7) is 8.89. The van der Waals surface area contributed by atoms with Gasteiger partial charge in [0.2, 0.25) is 0 Å². The molecule has 1 heterocycles. The van der Waals surface area contributed by atoms with Gasteiger partial charge in [-0.1, -0.05) is 97.8 Å². The SMILES string of the molecule is CCC1(C)Cc2ccccc2C(=O)C12SSC1(S2)C(=O)c2ccccc2CC1(C)CC. The van der Waals surface area contributed by atoms with E-state index in [0.717, 1.165) is 47.9 Å². The third-order valence-electron chi connectivity index (χ3n) is 8.00. The molecule has 162 valence electrons. The second kappa shape index (κ2) is 7.16. The van der Waals surface area contributed by atoms with Crippen LogP contribution in [0.3, 0.4) is 0 Å². The van der Waals surface area contributed by atoms with Crippen molar-refractivity contribution >= 4 is 44.9 Å². The van der Waals surface area contributed by atoms with E-state index in [9.17, 15) is 9.59 Å². The smallest absolute Gasteiger partial charge is 0.190 e. The third kappa shape index (κ3) is 2.69. The van der Waals surface area contributed by atoms with E-state index in [1.54, 1.807) is 33.3 Å². The molecule has 0 aromatic heterocycles. The van der Waals surface area contributed by atoms with Crippen LogP contribution in [0.15, 0.2) is 48.5 Å². The van der Waals surface area contributed by atoms with Crippen molar-refractivity contribution < 1.29 is 9.59 Å². The largest absolute Gasteiger partial charge is 0.292 e. The Morgan fingerprint density at radius 3 is 1.48 bits per heavy atom. The molecule has 2 spiro atoms. The van der Waals surface area contributed by atoms with E-state index >= 15 is 0 Å². The van der Waals surface area contributed by atoms with E-state index in [2.05, 4.69) is 39.8 Å². The summed E-state index contributed by atoms with van der Waals surface area (Å²) in [5.41, 5.74) is 3.55. The van der Waals surface area contributed by atoms with Crippen molar-refractivity contribution in [2.45, 2.75) is 61.5 Å². The zero-order valence-corrected chi connectivity index (χ0v) is 20.9. The van der Waals surface area contributed by atoms with Crippen molar-refractivity contribution in [3.63, 3.8) is 0 Å². The average Bonchev–Trinajstić information content (AvgIpc) is 3.21. The lowest BCUT2D eigenvalue weighted by Gasteiger charge is -2.51. The van der Waals surface area contributed by atoms with Gasteiger partial charge in [0.15, 0.2) is 11.6 Å². The van der Waals surface area contributed by atoms with Crippen LogP contribution in [0, 0.1) is 10.8 Å². The number of rotatable bonds is 2. The van der Waals surface area contributed by atoms with Crippen LogP contribution in [0.4, 0.5) is 0 Å². The number of carbonyl (C=O) groups is 2. The molecule has 1 fully saturated rings. The van der Waals surface area contributed by atoms with E-state index in [4.69, 9.17) is 0 Å². The number of thioether (sulfide) groups is 1. The van der Waals surface area contributed by atoms with Gasteiger partial charge in [-0.3, -0.25) is 9.59 Å². The van der Waals surface area contributed by atoms with Crippen molar-refractivity contribution in [2.24, 2.45) is 10.8 Å². The van der Waals surface area contributed by atoms with Gasteiger partial charge in [-0.25, -0.2) is 0 Å². The molecular formula is C26H28O2S3. The molecule has 2 aromatic carbocycles. The summed E-state index contributed by atoms with van der Waals surface area (Å²) in [6, 6.07) is 16.1. The van der Waals surface area contributed by atoms with E-state index in [0.29, 0.717) is 0 Å². The quantitative estimate of drug-likeness (QED) is 0.435. The molecular weight excluding hydrogens is 440 g/mol. The third-order valence-corrected chi connectivity index (χ3v) is 15.2. The van der Waals surface area contributed by atoms with Gasteiger partial charge in [-0.15, -0.1) is 11.8 Å². The molecule has 4 atom stereocenters. The maximum Gasteiger partial charge on any atom is 0.190 e. The highest BCUT2D eigenvalue weighted by atomic mass is 33.1. The number of ketones is 2. The lowest BCUT2D eigenvalue weighted by Crippen LogP contribution is -2.56.